The van der Waals surface area contributed by atoms with E-state index in [2.05, 4.69) is 10.3 Å². The molecule has 1 amide bonds. The van der Waals surface area contributed by atoms with Gasteiger partial charge in [-0.2, -0.15) is 0 Å². The standard InChI is InChI=1S/C17H20N2O3/c1-11-15(21-3)9-13(10-16(11)22-4)17(20)19-12(2)14-7-5-6-8-18-14/h5-10,12H,1-4H3,(H,19,20). The summed E-state index contributed by atoms with van der Waals surface area (Å²) in [5.41, 5.74) is 2.16. The Labute approximate surface area is 130 Å². The number of carbonyl (C=O) groups is 1. The predicted molar refractivity (Wildman–Crippen MR) is 84.4 cm³/mol. The van der Waals surface area contributed by atoms with Crippen LogP contribution in [0.4, 0.5) is 0 Å². The van der Waals surface area contributed by atoms with E-state index in [1.165, 1.54) is 0 Å². The number of rotatable bonds is 5. The van der Waals surface area contributed by atoms with Crippen LogP contribution in [0, 0.1) is 6.92 Å². The lowest BCUT2D eigenvalue weighted by molar-refractivity contribution is 0.0938. The highest BCUT2D eigenvalue weighted by molar-refractivity contribution is 5.95. The van der Waals surface area contributed by atoms with E-state index in [4.69, 9.17) is 9.47 Å². The lowest BCUT2D eigenvalue weighted by atomic mass is 10.1. The van der Waals surface area contributed by atoms with Gasteiger partial charge in [-0.3, -0.25) is 9.78 Å². The molecule has 116 valence electrons. The van der Waals surface area contributed by atoms with E-state index in [0.29, 0.717) is 17.1 Å². The van der Waals surface area contributed by atoms with Gasteiger partial charge in [-0.15, -0.1) is 0 Å². The molecule has 0 bridgehead atoms. The van der Waals surface area contributed by atoms with Gasteiger partial charge in [0.05, 0.1) is 26.0 Å². The van der Waals surface area contributed by atoms with Crippen LogP contribution in [-0.2, 0) is 0 Å². The Morgan fingerprint density at radius 1 is 1.18 bits per heavy atom. The first-order valence-corrected chi connectivity index (χ1v) is 7.01. The molecule has 0 radical (unpaired) electrons. The molecule has 1 aromatic heterocycles. The Morgan fingerprint density at radius 2 is 1.82 bits per heavy atom. The zero-order chi connectivity index (χ0) is 16.1. The Hall–Kier alpha value is -2.56. The minimum absolute atomic E-state index is 0.188. The molecule has 2 aromatic rings. The topological polar surface area (TPSA) is 60.5 Å². The molecule has 0 spiro atoms. The van der Waals surface area contributed by atoms with Crippen molar-refractivity contribution in [3.8, 4) is 11.5 Å². The zero-order valence-electron chi connectivity index (χ0n) is 13.2. The van der Waals surface area contributed by atoms with Crippen molar-refractivity contribution in [3.05, 3.63) is 53.3 Å². The van der Waals surface area contributed by atoms with Crippen molar-refractivity contribution in [1.82, 2.24) is 10.3 Å². The summed E-state index contributed by atoms with van der Waals surface area (Å²) in [6.45, 7) is 3.78. The zero-order valence-corrected chi connectivity index (χ0v) is 13.2. The van der Waals surface area contributed by atoms with Gasteiger partial charge < -0.3 is 14.8 Å². The number of carbonyl (C=O) groups excluding carboxylic acids is 1. The molecule has 1 heterocycles. The second-order valence-electron chi connectivity index (χ2n) is 4.96. The second-order valence-corrected chi connectivity index (χ2v) is 4.96. The van der Waals surface area contributed by atoms with E-state index in [0.717, 1.165) is 11.3 Å². The fourth-order valence-electron chi connectivity index (χ4n) is 2.20. The number of amides is 1. The maximum Gasteiger partial charge on any atom is 0.252 e. The highest BCUT2D eigenvalue weighted by Crippen LogP contribution is 2.29. The van der Waals surface area contributed by atoms with Crippen LogP contribution in [0.15, 0.2) is 36.5 Å². The molecule has 0 aliphatic carbocycles. The molecule has 0 saturated carbocycles. The second kappa shape index (κ2) is 6.93. The largest absolute Gasteiger partial charge is 0.496 e. The molecule has 1 aromatic carbocycles. The van der Waals surface area contributed by atoms with Crippen LogP contribution < -0.4 is 14.8 Å². The van der Waals surface area contributed by atoms with Gasteiger partial charge >= 0.3 is 0 Å². The number of hydrogen-bond donors (Lipinski definition) is 1. The van der Waals surface area contributed by atoms with Crippen molar-refractivity contribution in [3.63, 3.8) is 0 Å². The average Bonchev–Trinajstić information content (AvgIpc) is 2.55. The number of nitrogens with one attached hydrogen (secondary N) is 1. The molecule has 5 heteroatoms. The summed E-state index contributed by atoms with van der Waals surface area (Å²) in [5.74, 6) is 1.04. The van der Waals surface area contributed by atoms with Crippen molar-refractivity contribution < 1.29 is 14.3 Å². The maximum atomic E-state index is 12.4. The molecule has 22 heavy (non-hydrogen) atoms. The third-order valence-electron chi connectivity index (χ3n) is 3.49. The number of methoxy groups -OCH3 is 2. The van der Waals surface area contributed by atoms with Gasteiger partial charge in [0.15, 0.2) is 0 Å². The van der Waals surface area contributed by atoms with Crippen molar-refractivity contribution in [2.24, 2.45) is 0 Å². The first-order valence-electron chi connectivity index (χ1n) is 7.01. The van der Waals surface area contributed by atoms with Crippen molar-refractivity contribution in [2.75, 3.05) is 14.2 Å². The highest BCUT2D eigenvalue weighted by atomic mass is 16.5. The highest BCUT2D eigenvalue weighted by Gasteiger charge is 2.16. The van der Waals surface area contributed by atoms with Crippen LogP contribution in [0.1, 0.15) is 34.6 Å². The van der Waals surface area contributed by atoms with Gasteiger partial charge in [-0.1, -0.05) is 6.07 Å². The number of ether oxygens (including phenoxy) is 2. The van der Waals surface area contributed by atoms with E-state index in [1.54, 1.807) is 32.5 Å². The Bertz CT molecular complexity index is 631. The number of hydrogen-bond acceptors (Lipinski definition) is 4. The van der Waals surface area contributed by atoms with E-state index < -0.39 is 0 Å². The van der Waals surface area contributed by atoms with Crippen LogP contribution in [0.5, 0.6) is 11.5 Å². The SMILES string of the molecule is COc1cc(C(=O)NC(C)c2ccccn2)cc(OC)c1C. The lowest BCUT2D eigenvalue weighted by Crippen LogP contribution is -2.27. The summed E-state index contributed by atoms with van der Waals surface area (Å²) >= 11 is 0. The van der Waals surface area contributed by atoms with Crippen molar-refractivity contribution in [2.45, 2.75) is 19.9 Å². The average molecular weight is 300 g/mol. The quantitative estimate of drug-likeness (QED) is 0.922. The van der Waals surface area contributed by atoms with Crippen molar-refractivity contribution >= 4 is 5.91 Å². The Kier molecular flexibility index (Phi) is 4.99. The fraction of sp³-hybridized carbons (Fsp3) is 0.294. The first kappa shape index (κ1) is 15.8. The van der Waals surface area contributed by atoms with Gasteiger partial charge in [0.1, 0.15) is 11.5 Å². The summed E-state index contributed by atoms with van der Waals surface area (Å²) in [7, 11) is 3.14. The number of aromatic nitrogens is 1. The summed E-state index contributed by atoms with van der Waals surface area (Å²) in [6, 6.07) is 8.83. The molecule has 0 aliphatic rings. The van der Waals surface area contributed by atoms with E-state index in [1.807, 2.05) is 32.0 Å². The van der Waals surface area contributed by atoms with Gasteiger partial charge in [-0.05, 0) is 38.1 Å². The van der Waals surface area contributed by atoms with Crippen LogP contribution in [0.25, 0.3) is 0 Å². The van der Waals surface area contributed by atoms with Crippen molar-refractivity contribution in [1.29, 1.82) is 0 Å². The third kappa shape index (κ3) is 3.36. The molecule has 0 saturated heterocycles. The Morgan fingerprint density at radius 3 is 2.32 bits per heavy atom. The molecule has 0 aliphatic heterocycles. The monoisotopic (exact) mass is 300 g/mol. The normalized spacial score (nSPS) is 11.6. The Balaban J connectivity index is 2.22. The van der Waals surface area contributed by atoms with E-state index in [-0.39, 0.29) is 11.9 Å². The van der Waals surface area contributed by atoms with E-state index in [9.17, 15) is 4.79 Å². The molecule has 1 atom stereocenters. The molecule has 5 nitrogen and oxygen atoms in total. The van der Waals surface area contributed by atoms with Gasteiger partial charge in [-0.25, -0.2) is 0 Å². The summed E-state index contributed by atoms with van der Waals surface area (Å²) < 4.78 is 10.6. The van der Waals surface area contributed by atoms with Gasteiger partial charge in [0.25, 0.3) is 5.91 Å². The summed E-state index contributed by atoms with van der Waals surface area (Å²) in [5, 5.41) is 2.92. The first-order chi connectivity index (χ1) is 10.6. The fourth-order valence-corrected chi connectivity index (χ4v) is 2.20. The van der Waals surface area contributed by atoms with Crippen LogP contribution >= 0.6 is 0 Å². The molecule has 1 unspecified atom stereocenters. The molecule has 1 N–H and O–H groups in total. The number of nitrogens with zero attached hydrogens (tertiary/aromatic N) is 1. The van der Waals surface area contributed by atoms with E-state index >= 15 is 0 Å². The van der Waals surface area contributed by atoms with Crippen LogP contribution in [0.2, 0.25) is 0 Å². The summed E-state index contributed by atoms with van der Waals surface area (Å²) in [6.07, 6.45) is 1.70. The smallest absolute Gasteiger partial charge is 0.252 e. The molecular weight excluding hydrogens is 280 g/mol. The van der Waals surface area contributed by atoms with Crippen LogP contribution in [-0.4, -0.2) is 25.1 Å². The lowest BCUT2D eigenvalue weighted by Gasteiger charge is -2.15. The molecular formula is C17H20N2O3. The van der Waals surface area contributed by atoms with Gasteiger partial charge in [0, 0.05) is 17.3 Å². The van der Waals surface area contributed by atoms with Crippen LogP contribution in [0.3, 0.4) is 0 Å². The molecule has 2 rings (SSSR count). The predicted octanol–water partition coefficient (Wildman–Crippen LogP) is 2.90. The minimum Gasteiger partial charge on any atom is -0.496 e. The van der Waals surface area contributed by atoms with Gasteiger partial charge in [0.2, 0.25) is 0 Å². The third-order valence-corrected chi connectivity index (χ3v) is 3.49. The minimum atomic E-state index is -0.199. The molecule has 0 fully saturated rings. The summed E-state index contributed by atoms with van der Waals surface area (Å²) in [4.78, 5) is 16.7. The maximum absolute atomic E-state index is 12.4. The number of pyridine rings is 1. The number of benzene rings is 1.